The number of rotatable bonds is 7. The minimum atomic E-state index is 0.616. The van der Waals surface area contributed by atoms with Crippen LogP contribution in [0.25, 0.3) is 0 Å². The van der Waals surface area contributed by atoms with Crippen molar-refractivity contribution in [1.29, 1.82) is 0 Å². The summed E-state index contributed by atoms with van der Waals surface area (Å²) in [7, 11) is 0. The van der Waals surface area contributed by atoms with Gasteiger partial charge in [0, 0.05) is 4.47 Å². The predicted molar refractivity (Wildman–Crippen MR) is 91.9 cm³/mol. The summed E-state index contributed by atoms with van der Waals surface area (Å²) >= 11 is 3.48. The molecule has 0 aliphatic rings. The Morgan fingerprint density at radius 3 is 2.57 bits per heavy atom. The second kappa shape index (κ2) is 8.20. The molecule has 0 aliphatic carbocycles. The molecule has 2 aromatic carbocycles. The van der Waals surface area contributed by atoms with Crippen LogP contribution in [0.4, 0.5) is 0 Å². The first-order valence-electron chi connectivity index (χ1n) is 7.37. The van der Waals surface area contributed by atoms with Gasteiger partial charge in [-0.1, -0.05) is 47.1 Å². The van der Waals surface area contributed by atoms with Gasteiger partial charge in [-0.05, 0) is 61.3 Å². The lowest BCUT2D eigenvalue weighted by atomic mass is 10.1. The maximum atomic E-state index is 5.98. The zero-order valence-electron chi connectivity index (χ0n) is 12.7. The molecule has 2 aromatic rings. The SMILES string of the molecule is CCNCCc1ccccc1COc1ccc(Br)cc1C. The van der Waals surface area contributed by atoms with Gasteiger partial charge in [0.15, 0.2) is 0 Å². The lowest BCUT2D eigenvalue weighted by Crippen LogP contribution is -2.17. The molecular weight excluding hydrogens is 326 g/mol. The zero-order valence-corrected chi connectivity index (χ0v) is 14.2. The van der Waals surface area contributed by atoms with Crippen molar-refractivity contribution >= 4 is 15.9 Å². The van der Waals surface area contributed by atoms with Gasteiger partial charge in [0.25, 0.3) is 0 Å². The third-order valence-corrected chi connectivity index (χ3v) is 3.95. The van der Waals surface area contributed by atoms with Crippen LogP contribution in [-0.2, 0) is 13.0 Å². The van der Waals surface area contributed by atoms with E-state index < -0.39 is 0 Å². The average Bonchev–Trinajstić information content (AvgIpc) is 2.48. The molecule has 2 rings (SSSR count). The molecule has 0 saturated carbocycles. The lowest BCUT2D eigenvalue weighted by Gasteiger charge is -2.13. The molecule has 21 heavy (non-hydrogen) atoms. The van der Waals surface area contributed by atoms with E-state index in [2.05, 4.69) is 65.4 Å². The molecule has 0 heterocycles. The van der Waals surface area contributed by atoms with Gasteiger partial charge >= 0.3 is 0 Å². The van der Waals surface area contributed by atoms with E-state index in [1.54, 1.807) is 0 Å². The molecule has 0 bridgehead atoms. The Balaban J connectivity index is 2.02. The number of hydrogen-bond acceptors (Lipinski definition) is 2. The molecule has 3 heteroatoms. The van der Waals surface area contributed by atoms with Crippen LogP contribution in [-0.4, -0.2) is 13.1 Å². The largest absolute Gasteiger partial charge is 0.489 e. The molecule has 0 aliphatic heterocycles. The molecule has 112 valence electrons. The predicted octanol–water partition coefficient (Wildman–Crippen LogP) is 4.49. The van der Waals surface area contributed by atoms with Gasteiger partial charge in [0.1, 0.15) is 12.4 Å². The van der Waals surface area contributed by atoms with Gasteiger partial charge in [-0.2, -0.15) is 0 Å². The van der Waals surface area contributed by atoms with E-state index >= 15 is 0 Å². The third-order valence-electron chi connectivity index (χ3n) is 3.46. The second-order valence-electron chi connectivity index (χ2n) is 5.07. The normalized spacial score (nSPS) is 10.6. The highest BCUT2D eigenvalue weighted by Gasteiger charge is 2.05. The molecule has 0 unspecified atom stereocenters. The van der Waals surface area contributed by atoms with E-state index in [1.807, 2.05) is 12.1 Å². The monoisotopic (exact) mass is 347 g/mol. The fourth-order valence-corrected chi connectivity index (χ4v) is 2.75. The summed E-state index contributed by atoms with van der Waals surface area (Å²) in [6.45, 7) is 6.83. The van der Waals surface area contributed by atoms with Crippen LogP contribution in [0.5, 0.6) is 5.75 Å². The Morgan fingerprint density at radius 1 is 1.10 bits per heavy atom. The van der Waals surface area contributed by atoms with Gasteiger partial charge in [-0.25, -0.2) is 0 Å². The van der Waals surface area contributed by atoms with Crippen molar-refractivity contribution in [3.8, 4) is 5.75 Å². The van der Waals surface area contributed by atoms with E-state index in [4.69, 9.17) is 4.74 Å². The Labute approximate surface area is 135 Å². The number of likely N-dealkylation sites (N-methyl/N-ethyl adjacent to an activating group) is 1. The van der Waals surface area contributed by atoms with E-state index in [0.717, 1.165) is 35.3 Å². The summed E-state index contributed by atoms with van der Waals surface area (Å²) in [5.74, 6) is 0.944. The van der Waals surface area contributed by atoms with Crippen molar-refractivity contribution in [2.75, 3.05) is 13.1 Å². The molecular formula is C18H22BrNO. The van der Waals surface area contributed by atoms with Gasteiger partial charge in [-0.15, -0.1) is 0 Å². The number of nitrogens with one attached hydrogen (secondary N) is 1. The first-order valence-corrected chi connectivity index (χ1v) is 8.16. The highest BCUT2D eigenvalue weighted by molar-refractivity contribution is 9.10. The van der Waals surface area contributed by atoms with Crippen LogP contribution in [0.3, 0.4) is 0 Å². The molecule has 0 radical (unpaired) electrons. The molecule has 2 nitrogen and oxygen atoms in total. The maximum absolute atomic E-state index is 5.98. The summed E-state index contributed by atoms with van der Waals surface area (Å²) in [6.07, 6.45) is 1.03. The summed E-state index contributed by atoms with van der Waals surface area (Å²) in [4.78, 5) is 0. The van der Waals surface area contributed by atoms with E-state index in [9.17, 15) is 0 Å². The van der Waals surface area contributed by atoms with Crippen LogP contribution in [0.2, 0.25) is 0 Å². The Hall–Kier alpha value is -1.32. The summed E-state index contributed by atoms with van der Waals surface area (Å²) < 4.78 is 7.07. The second-order valence-corrected chi connectivity index (χ2v) is 5.99. The molecule has 0 aromatic heterocycles. The molecule has 0 amide bonds. The zero-order chi connectivity index (χ0) is 15.1. The number of ether oxygens (including phenoxy) is 1. The van der Waals surface area contributed by atoms with Crippen molar-refractivity contribution in [3.63, 3.8) is 0 Å². The van der Waals surface area contributed by atoms with Gasteiger partial charge < -0.3 is 10.1 Å². The van der Waals surface area contributed by atoms with Crippen LogP contribution in [0, 0.1) is 6.92 Å². The summed E-state index contributed by atoms with van der Waals surface area (Å²) in [6, 6.07) is 14.6. The van der Waals surface area contributed by atoms with Crippen LogP contribution >= 0.6 is 15.9 Å². The molecule has 0 atom stereocenters. The Kier molecular flexibility index (Phi) is 6.27. The van der Waals surface area contributed by atoms with Crippen LogP contribution < -0.4 is 10.1 Å². The van der Waals surface area contributed by atoms with Crippen molar-refractivity contribution in [2.24, 2.45) is 0 Å². The van der Waals surface area contributed by atoms with Crippen molar-refractivity contribution in [2.45, 2.75) is 26.9 Å². The van der Waals surface area contributed by atoms with Crippen LogP contribution in [0.15, 0.2) is 46.9 Å². The van der Waals surface area contributed by atoms with Crippen molar-refractivity contribution in [1.82, 2.24) is 5.32 Å². The summed E-state index contributed by atoms with van der Waals surface area (Å²) in [5.41, 5.74) is 3.76. The topological polar surface area (TPSA) is 21.3 Å². The number of hydrogen-bond donors (Lipinski definition) is 1. The highest BCUT2D eigenvalue weighted by Crippen LogP contribution is 2.23. The van der Waals surface area contributed by atoms with E-state index in [-0.39, 0.29) is 0 Å². The van der Waals surface area contributed by atoms with Crippen molar-refractivity contribution in [3.05, 3.63) is 63.6 Å². The smallest absolute Gasteiger partial charge is 0.122 e. The average molecular weight is 348 g/mol. The minimum Gasteiger partial charge on any atom is -0.489 e. The van der Waals surface area contributed by atoms with Crippen LogP contribution in [0.1, 0.15) is 23.6 Å². The first-order chi connectivity index (χ1) is 10.2. The van der Waals surface area contributed by atoms with Gasteiger partial charge in [0.2, 0.25) is 0 Å². The van der Waals surface area contributed by atoms with Gasteiger partial charge in [-0.3, -0.25) is 0 Å². The Morgan fingerprint density at radius 2 is 1.86 bits per heavy atom. The number of aryl methyl sites for hydroxylation is 1. The van der Waals surface area contributed by atoms with E-state index in [1.165, 1.54) is 11.1 Å². The standard InChI is InChI=1S/C18H22BrNO/c1-3-20-11-10-15-6-4-5-7-16(15)13-21-18-9-8-17(19)12-14(18)2/h4-9,12,20H,3,10-11,13H2,1-2H3. The lowest BCUT2D eigenvalue weighted by molar-refractivity contribution is 0.303. The quantitative estimate of drug-likeness (QED) is 0.745. The third kappa shape index (κ3) is 4.87. The molecule has 1 N–H and O–H groups in total. The maximum Gasteiger partial charge on any atom is 0.122 e. The minimum absolute atomic E-state index is 0.616. The fraction of sp³-hybridized carbons (Fsp3) is 0.333. The fourth-order valence-electron chi connectivity index (χ4n) is 2.27. The molecule has 0 spiro atoms. The van der Waals surface area contributed by atoms with Crippen molar-refractivity contribution < 1.29 is 4.74 Å². The highest BCUT2D eigenvalue weighted by atomic mass is 79.9. The summed E-state index contributed by atoms with van der Waals surface area (Å²) in [5, 5.41) is 3.37. The van der Waals surface area contributed by atoms with E-state index in [0.29, 0.717) is 6.61 Å². The van der Waals surface area contributed by atoms with Gasteiger partial charge in [0.05, 0.1) is 0 Å². The number of halogens is 1. The molecule has 0 saturated heterocycles. The molecule has 0 fully saturated rings. The number of benzene rings is 2. The Bertz CT molecular complexity index is 583. The first kappa shape index (κ1) is 16.1.